The van der Waals surface area contributed by atoms with E-state index in [2.05, 4.69) is 39.9 Å². The average Bonchev–Trinajstić information content (AvgIpc) is 2.77. The highest BCUT2D eigenvalue weighted by molar-refractivity contribution is 5.37. The Kier molecular flexibility index (Phi) is 5.98. The highest BCUT2D eigenvalue weighted by Gasteiger charge is 2.46. The van der Waals surface area contributed by atoms with Crippen molar-refractivity contribution in [2.45, 2.75) is 24.6 Å². The number of hydrogen-bond acceptors (Lipinski definition) is 5. The van der Waals surface area contributed by atoms with Crippen LogP contribution >= 0.6 is 0 Å². The quantitative estimate of drug-likeness (QED) is 0.868. The summed E-state index contributed by atoms with van der Waals surface area (Å²) in [5.41, 5.74) is 1.98. The van der Waals surface area contributed by atoms with Gasteiger partial charge in [0.25, 0.3) is 0 Å². The van der Waals surface area contributed by atoms with Crippen molar-refractivity contribution in [3.63, 3.8) is 0 Å². The summed E-state index contributed by atoms with van der Waals surface area (Å²) in [4.78, 5) is 7.22. The molecule has 29 heavy (non-hydrogen) atoms. The number of hydrogen-bond donors (Lipinski definition) is 1. The molecule has 1 N–H and O–H groups in total. The second-order valence-electron chi connectivity index (χ2n) is 8.40. The van der Waals surface area contributed by atoms with E-state index in [1.807, 2.05) is 42.5 Å². The Balaban J connectivity index is 1.59. The first kappa shape index (κ1) is 20.1. The van der Waals surface area contributed by atoms with Gasteiger partial charge in [0.15, 0.2) is 0 Å². The minimum Gasteiger partial charge on any atom is -0.383 e. The number of nitrogens with zero attached hydrogens (tertiary/aromatic N) is 4. The molecule has 2 heterocycles. The molecular formula is C24H30N4O. The summed E-state index contributed by atoms with van der Waals surface area (Å²) in [6, 6.07) is 20.4. The van der Waals surface area contributed by atoms with Gasteiger partial charge in [-0.1, -0.05) is 48.5 Å². The highest BCUT2D eigenvalue weighted by Crippen LogP contribution is 2.37. The second-order valence-corrected chi connectivity index (χ2v) is 8.40. The Morgan fingerprint density at radius 1 is 1.00 bits per heavy atom. The van der Waals surface area contributed by atoms with Gasteiger partial charge in [0.2, 0.25) is 0 Å². The van der Waals surface area contributed by atoms with Gasteiger partial charge in [-0.05, 0) is 30.7 Å². The predicted molar refractivity (Wildman–Crippen MR) is 114 cm³/mol. The summed E-state index contributed by atoms with van der Waals surface area (Å²) >= 11 is 0. The predicted octanol–water partition coefficient (Wildman–Crippen LogP) is 2.27. The third-order valence-electron chi connectivity index (χ3n) is 6.58. The average molecular weight is 391 g/mol. The molecule has 2 aliphatic heterocycles. The Labute approximate surface area is 173 Å². The molecule has 0 amide bonds. The van der Waals surface area contributed by atoms with Gasteiger partial charge in [-0.15, -0.1) is 0 Å². The standard InChI is InChI=1S/C24H30N4O/c1-26-13-15-28(16-14-26)23-19-27(18-21-8-6-5-7-20(21)17-25)12-11-24(23,29)22-9-3-2-4-10-22/h2-10,23,29H,11-16,18-19H2,1H3/t23-,24+/m1/s1. The van der Waals surface area contributed by atoms with E-state index >= 15 is 0 Å². The van der Waals surface area contributed by atoms with Crippen LogP contribution in [0.1, 0.15) is 23.1 Å². The molecule has 5 nitrogen and oxygen atoms in total. The van der Waals surface area contributed by atoms with Crippen molar-refractivity contribution in [2.75, 3.05) is 46.3 Å². The van der Waals surface area contributed by atoms with E-state index in [9.17, 15) is 10.4 Å². The third-order valence-corrected chi connectivity index (χ3v) is 6.58. The molecule has 2 saturated heterocycles. The smallest absolute Gasteiger partial charge is 0.108 e. The van der Waals surface area contributed by atoms with Crippen LogP contribution in [0, 0.1) is 11.3 Å². The topological polar surface area (TPSA) is 53.7 Å². The number of nitriles is 1. The zero-order chi connectivity index (χ0) is 20.3. The third kappa shape index (κ3) is 4.22. The first-order valence-electron chi connectivity index (χ1n) is 10.5. The zero-order valence-electron chi connectivity index (χ0n) is 17.2. The summed E-state index contributed by atoms with van der Waals surface area (Å²) in [7, 11) is 2.16. The fourth-order valence-electron chi connectivity index (χ4n) is 4.75. The molecule has 0 radical (unpaired) electrons. The molecule has 5 heteroatoms. The van der Waals surface area contributed by atoms with Gasteiger partial charge in [-0.3, -0.25) is 9.80 Å². The highest BCUT2D eigenvalue weighted by atomic mass is 16.3. The van der Waals surface area contributed by atoms with Crippen LogP contribution in [0.15, 0.2) is 54.6 Å². The molecule has 0 spiro atoms. The number of likely N-dealkylation sites (tertiary alicyclic amines) is 1. The van der Waals surface area contributed by atoms with E-state index in [0.717, 1.165) is 62.5 Å². The molecule has 0 aromatic heterocycles. The van der Waals surface area contributed by atoms with Crippen molar-refractivity contribution in [1.29, 1.82) is 5.26 Å². The Bertz CT molecular complexity index is 857. The Morgan fingerprint density at radius 2 is 1.69 bits per heavy atom. The number of aliphatic hydroxyl groups is 1. The minimum absolute atomic E-state index is 0.0431. The van der Waals surface area contributed by atoms with E-state index in [1.54, 1.807) is 0 Å². The first-order chi connectivity index (χ1) is 14.1. The van der Waals surface area contributed by atoms with Crippen LogP contribution in [0.25, 0.3) is 0 Å². The molecule has 0 bridgehead atoms. The summed E-state index contributed by atoms with van der Waals surface area (Å²) in [5, 5.41) is 21.3. The van der Waals surface area contributed by atoms with Gasteiger partial charge in [0.1, 0.15) is 5.60 Å². The second kappa shape index (κ2) is 8.64. The van der Waals surface area contributed by atoms with E-state index in [4.69, 9.17) is 0 Å². The van der Waals surface area contributed by atoms with Crippen LogP contribution in [0.4, 0.5) is 0 Å². The maximum atomic E-state index is 11.9. The zero-order valence-corrected chi connectivity index (χ0v) is 17.2. The van der Waals surface area contributed by atoms with E-state index in [-0.39, 0.29) is 6.04 Å². The maximum absolute atomic E-state index is 11.9. The number of benzene rings is 2. The van der Waals surface area contributed by atoms with E-state index < -0.39 is 5.60 Å². The number of likely N-dealkylation sites (N-methyl/N-ethyl adjacent to an activating group) is 1. The number of piperidine rings is 1. The van der Waals surface area contributed by atoms with Crippen LogP contribution in [0.2, 0.25) is 0 Å². The molecule has 2 aromatic rings. The molecule has 2 fully saturated rings. The lowest BCUT2D eigenvalue weighted by atomic mass is 9.79. The normalized spacial score (nSPS) is 26.9. The van der Waals surface area contributed by atoms with Crippen molar-refractivity contribution < 1.29 is 5.11 Å². The van der Waals surface area contributed by atoms with Gasteiger partial charge in [-0.2, -0.15) is 5.26 Å². The van der Waals surface area contributed by atoms with Gasteiger partial charge in [0, 0.05) is 45.8 Å². The lowest BCUT2D eigenvalue weighted by Crippen LogP contribution is -2.63. The minimum atomic E-state index is -0.845. The van der Waals surface area contributed by atoms with Crippen LogP contribution in [-0.4, -0.2) is 72.2 Å². The van der Waals surface area contributed by atoms with Crippen molar-refractivity contribution in [3.05, 3.63) is 71.3 Å². The summed E-state index contributed by atoms with van der Waals surface area (Å²) in [6.07, 6.45) is 0.697. The van der Waals surface area contributed by atoms with E-state index in [0.29, 0.717) is 6.42 Å². The van der Waals surface area contributed by atoms with Crippen molar-refractivity contribution in [2.24, 2.45) is 0 Å². The van der Waals surface area contributed by atoms with Crippen molar-refractivity contribution in [3.8, 4) is 6.07 Å². The molecule has 4 rings (SSSR count). The Hall–Kier alpha value is -2.23. The molecular weight excluding hydrogens is 360 g/mol. The van der Waals surface area contributed by atoms with Crippen LogP contribution in [0.3, 0.4) is 0 Å². The molecule has 2 aromatic carbocycles. The van der Waals surface area contributed by atoms with Crippen LogP contribution in [0.5, 0.6) is 0 Å². The van der Waals surface area contributed by atoms with Gasteiger partial charge < -0.3 is 10.0 Å². The molecule has 0 aliphatic carbocycles. The van der Waals surface area contributed by atoms with Crippen LogP contribution in [-0.2, 0) is 12.1 Å². The lowest BCUT2D eigenvalue weighted by molar-refractivity contribution is -0.108. The van der Waals surface area contributed by atoms with Gasteiger partial charge >= 0.3 is 0 Å². The molecule has 152 valence electrons. The fourth-order valence-corrected chi connectivity index (χ4v) is 4.75. The Morgan fingerprint density at radius 3 is 2.41 bits per heavy atom. The monoisotopic (exact) mass is 390 g/mol. The summed E-state index contributed by atoms with van der Waals surface area (Å²) in [5.74, 6) is 0. The fraction of sp³-hybridized carbons (Fsp3) is 0.458. The number of rotatable bonds is 4. The van der Waals surface area contributed by atoms with Gasteiger partial charge in [0.05, 0.1) is 17.7 Å². The maximum Gasteiger partial charge on any atom is 0.108 e. The van der Waals surface area contributed by atoms with Gasteiger partial charge in [-0.25, -0.2) is 0 Å². The largest absolute Gasteiger partial charge is 0.383 e. The molecule has 0 unspecified atom stereocenters. The van der Waals surface area contributed by atoms with Crippen LogP contribution < -0.4 is 0 Å². The van der Waals surface area contributed by atoms with Crippen molar-refractivity contribution >= 4 is 0 Å². The molecule has 2 atom stereocenters. The SMILES string of the molecule is CN1CCN([C@@H]2CN(Cc3ccccc3C#N)CC[C@]2(O)c2ccccc2)CC1. The summed E-state index contributed by atoms with van der Waals surface area (Å²) < 4.78 is 0. The molecule has 2 aliphatic rings. The summed E-state index contributed by atoms with van der Waals surface area (Å²) in [6.45, 7) is 6.36. The lowest BCUT2D eigenvalue weighted by Gasteiger charge is -2.51. The van der Waals surface area contributed by atoms with E-state index in [1.165, 1.54) is 0 Å². The molecule has 0 saturated carbocycles. The first-order valence-corrected chi connectivity index (χ1v) is 10.5. The van der Waals surface area contributed by atoms with Crippen molar-refractivity contribution in [1.82, 2.24) is 14.7 Å². The number of piperazine rings is 1.